The zero-order valence-electron chi connectivity index (χ0n) is 8.40. The Morgan fingerprint density at radius 1 is 1.29 bits per heavy atom. The predicted octanol–water partition coefficient (Wildman–Crippen LogP) is 2.72. The average Bonchev–Trinajstić information content (AvgIpc) is 2.19. The summed E-state index contributed by atoms with van der Waals surface area (Å²) in [6.07, 6.45) is 13.6. The fourth-order valence-electron chi connectivity index (χ4n) is 0.780. The maximum Gasteiger partial charge on any atom is 0.0256 e. The van der Waals surface area contributed by atoms with E-state index in [1.807, 2.05) is 31.2 Å². The van der Waals surface area contributed by atoms with Gasteiger partial charge in [-0.3, -0.25) is 0 Å². The normalized spacial score (nSPS) is 13.1. The first-order chi connectivity index (χ1) is 6.76. The number of nitrogens with one attached hydrogen (secondary N) is 1. The first kappa shape index (κ1) is 12.2. The van der Waals surface area contributed by atoms with Gasteiger partial charge in [-0.15, -0.1) is 0 Å². The molecule has 14 heavy (non-hydrogen) atoms. The first-order valence-corrected chi connectivity index (χ1v) is 4.34. The lowest BCUT2D eigenvalue weighted by Crippen LogP contribution is -1.85. The van der Waals surface area contributed by atoms with Crippen LogP contribution in [0.2, 0.25) is 0 Å². The van der Waals surface area contributed by atoms with Crippen molar-refractivity contribution in [2.45, 2.75) is 6.92 Å². The first-order valence-electron chi connectivity index (χ1n) is 4.34. The molecule has 0 aliphatic carbocycles. The average molecular weight is 188 g/mol. The Kier molecular flexibility index (Phi) is 6.78. The van der Waals surface area contributed by atoms with Crippen molar-refractivity contribution in [2.75, 3.05) is 0 Å². The van der Waals surface area contributed by atoms with Crippen LogP contribution in [0.25, 0.3) is 0 Å². The highest BCUT2D eigenvalue weighted by Crippen LogP contribution is 2.06. The van der Waals surface area contributed by atoms with Crippen LogP contribution in [-0.4, -0.2) is 6.21 Å². The van der Waals surface area contributed by atoms with Crippen LogP contribution in [0.15, 0.2) is 60.4 Å². The van der Waals surface area contributed by atoms with Crippen LogP contribution >= 0.6 is 0 Å². The van der Waals surface area contributed by atoms with Gasteiger partial charge in [0.25, 0.3) is 0 Å². The third-order valence-corrected chi connectivity index (χ3v) is 1.51. The number of nitrogens with two attached hydrogens (primary N) is 1. The Labute approximate surface area is 85.3 Å². The van der Waals surface area contributed by atoms with E-state index < -0.39 is 0 Å². The molecule has 0 heterocycles. The fourth-order valence-corrected chi connectivity index (χ4v) is 0.780. The van der Waals surface area contributed by atoms with Gasteiger partial charge >= 0.3 is 0 Å². The maximum atomic E-state index is 7.18. The fraction of sp³-hybridized carbons (Fsp3) is 0.0833. The highest BCUT2D eigenvalue weighted by molar-refractivity contribution is 5.83. The van der Waals surface area contributed by atoms with E-state index in [1.165, 1.54) is 12.4 Å². The van der Waals surface area contributed by atoms with Crippen LogP contribution in [0.3, 0.4) is 0 Å². The van der Waals surface area contributed by atoms with E-state index in [1.54, 1.807) is 12.2 Å². The Bertz CT molecular complexity index is 304. The minimum Gasteiger partial charge on any atom is -0.405 e. The lowest BCUT2D eigenvalue weighted by Gasteiger charge is -1.97. The zero-order chi connectivity index (χ0) is 10.8. The standard InChI is InChI=1S/C12H16N2/c1-3-4-8-12(10-14)11(2)7-5-6-9-13/h3-10,14H,2,13H2,1H3/b4-3-,7-5-,9-6-,12-8+,14-10?. The summed E-state index contributed by atoms with van der Waals surface area (Å²) in [5.74, 6) is 0. The molecule has 0 unspecified atom stereocenters. The lowest BCUT2D eigenvalue weighted by atomic mass is 10.1. The molecule has 74 valence electrons. The third-order valence-electron chi connectivity index (χ3n) is 1.51. The quantitative estimate of drug-likeness (QED) is 0.506. The Morgan fingerprint density at radius 3 is 2.50 bits per heavy atom. The van der Waals surface area contributed by atoms with Crippen molar-refractivity contribution < 1.29 is 0 Å². The summed E-state index contributed by atoms with van der Waals surface area (Å²) in [4.78, 5) is 0. The van der Waals surface area contributed by atoms with Crippen LogP contribution in [0.1, 0.15) is 6.92 Å². The van der Waals surface area contributed by atoms with Gasteiger partial charge in [0.2, 0.25) is 0 Å². The van der Waals surface area contributed by atoms with Gasteiger partial charge < -0.3 is 11.1 Å². The van der Waals surface area contributed by atoms with Crippen LogP contribution in [0, 0.1) is 5.41 Å². The molecule has 0 bridgehead atoms. The highest BCUT2D eigenvalue weighted by Gasteiger charge is 1.92. The molecule has 3 N–H and O–H groups in total. The van der Waals surface area contributed by atoms with E-state index in [0.29, 0.717) is 0 Å². The van der Waals surface area contributed by atoms with E-state index in [9.17, 15) is 0 Å². The van der Waals surface area contributed by atoms with Crippen molar-refractivity contribution in [3.05, 3.63) is 60.4 Å². The summed E-state index contributed by atoms with van der Waals surface area (Å²) >= 11 is 0. The monoisotopic (exact) mass is 188 g/mol. The summed E-state index contributed by atoms with van der Waals surface area (Å²) in [7, 11) is 0. The predicted molar refractivity (Wildman–Crippen MR) is 63.3 cm³/mol. The molecule has 0 aliphatic heterocycles. The summed E-state index contributed by atoms with van der Waals surface area (Å²) in [5.41, 5.74) is 6.74. The van der Waals surface area contributed by atoms with Crippen LogP contribution in [-0.2, 0) is 0 Å². The smallest absolute Gasteiger partial charge is 0.0256 e. The highest BCUT2D eigenvalue weighted by atomic mass is 14.5. The summed E-state index contributed by atoms with van der Waals surface area (Å²) < 4.78 is 0. The third kappa shape index (κ3) is 4.93. The topological polar surface area (TPSA) is 49.9 Å². The summed E-state index contributed by atoms with van der Waals surface area (Å²) in [6.45, 7) is 5.76. The molecule has 0 saturated heterocycles. The van der Waals surface area contributed by atoms with Crippen LogP contribution in [0.4, 0.5) is 0 Å². The number of rotatable bonds is 5. The lowest BCUT2D eigenvalue weighted by molar-refractivity contribution is 1.52. The molecular formula is C12H16N2. The van der Waals surface area contributed by atoms with Gasteiger partial charge in [0, 0.05) is 6.21 Å². The minimum atomic E-state index is 0.782. The summed E-state index contributed by atoms with van der Waals surface area (Å²) in [6, 6.07) is 0. The Hall–Kier alpha value is -1.83. The molecule has 0 rings (SSSR count). The Balaban J connectivity index is 4.55. The van der Waals surface area contributed by atoms with E-state index >= 15 is 0 Å². The number of hydrogen-bond acceptors (Lipinski definition) is 2. The van der Waals surface area contributed by atoms with Crippen molar-refractivity contribution in [2.24, 2.45) is 5.73 Å². The molecule has 0 aromatic rings. The molecular weight excluding hydrogens is 172 g/mol. The SMILES string of the molecule is C=C(/C=C\C=C/N)/C(C=N)=C/C=C\C. The van der Waals surface area contributed by atoms with Gasteiger partial charge in [-0.25, -0.2) is 0 Å². The molecule has 0 aliphatic rings. The van der Waals surface area contributed by atoms with Crippen LogP contribution < -0.4 is 5.73 Å². The molecule has 0 atom stereocenters. The molecule has 0 fully saturated rings. The van der Waals surface area contributed by atoms with Crippen molar-refractivity contribution in [1.82, 2.24) is 0 Å². The van der Waals surface area contributed by atoms with Gasteiger partial charge in [0.05, 0.1) is 0 Å². The Morgan fingerprint density at radius 2 is 2.00 bits per heavy atom. The van der Waals surface area contributed by atoms with Gasteiger partial charge in [-0.1, -0.05) is 37.0 Å². The maximum absolute atomic E-state index is 7.18. The zero-order valence-corrected chi connectivity index (χ0v) is 8.40. The molecule has 0 spiro atoms. The molecule has 0 saturated carbocycles. The second-order valence-corrected chi connectivity index (χ2v) is 2.56. The largest absolute Gasteiger partial charge is 0.405 e. The van der Waals surface area contributed by atoms with Crippen molar-refractivity contribution >= 4 is 6.21 Å². The molecule has 0 aromatic heterocycles. The van der Waals surface area contributed by atoms with Crippen molar-refractivity contribution in [3.8, 4) is 0 Å². The number of hydrogen-bond donors (Lipinski definition) is 2. The van der Waals surface area contributed by atoms with Crippen molar-refractivity contribution in [3.63, 3.8) is 0 Å². The molecule has 2 nitrogen and oxygen atoms in total. The van der Waals surface area contributed by atoms with E-state index in [-0.39, 0.29) is 0 Å². The second kappa shape index (κ2) is 7.80. The van der Waals surface area contributed by atoms with E-state index in [2.05, 4.69) is 6.58 Å². The van der Waals surface area contributed by atoms with Gasteiger partial charge in [0.15, 0.2) is 0 Å². The molecule has 0 radical (unpaired) electrons. The van der Waals surface area contributed by atoms with Crippen LogP contribution in [0.5, 0.6) is 0 Å². The van der Waals surface area contributed by atoms with E-state index in [4.69, 9.17) is 11.1 Å². The van der Waals surface area contributed by atoms with Gasteiger partial charge in [-0.05, 0) is 30.3 Å². The molecule has 0 aromatic carbocycles. The van der Waals surface area contributed by atoms with E-state index in [0.717, 1.165) is 11.1 Å². The summed E-state index contributed by atoms with van der Waals surface area (Å²) in [5, 5.41) is 7.18. The van der Waals surface area contributed by atoms with Crippen molar-refractivity contribution in [1.29, 1.82) is 5.41 Å². The van der Waals surface area contributed by atoms with Gasteiger partial charge in [0.1, 0.15) is 0 Å². The van der Waals surface area contributed by atoms with Gasteiger partial charge in [-0.2, -0.15) is 0 Å². The molecule has 2 heteroatoms. The number of allylic oxidation sites excluding steroid dienone is 8. The minimum absolute atomic E-state index is 0.782. The molecule has 0 amide bonds. The second-order valence-electron chi connectivity index (χ2n) is 2.56.